The van der Waals surface area contributed by atoms with Gasteiger partial charge in [-0.2, -0.15) is 0 Å². The largest absolute Gasteiger partial charge is 0.345 e. The standard InChI is InChI=1S/C22H25N5O4/c1-24-8-7-23-19(24)21(29)27-10-12-31-22(15-27)14-26(9-11-30-22)20(28)18-13-16-5-3-4-6-17(16)25(18)2/h3-8,13H,9-12,14-15H2,1-2H3. The molecular formula is C22H25N5O4. The van der Waals surface area contributed by atoms with Crippen molar-refractivity contribution in [1.82, 2.24) is 23.9 Å². The number of imidazole rings is 1. The molecule has 2 aromatic heterocycles. The minimum absolute atomic E-state index is 0.0717. The molecule has 2 saturated heterocycles. The van der Waals surface area contributed by atoms with Crippen LogP contribution in [0.25, 0.3) is 10.9 Å². The Morgan fingerprint density at radius 2 is 1.68 bits per heavy atom. The highest BCUT2D eigenvalue weighted by molar-refractivity contribution is 5.98. The van der Waals surface area contributed by atoms with Crippen LogP contribution in [-0.2, 0) is 23.6 Å². The summed E-state index contributed by atoms with van der Waals surface area (Å²) in [5.74, 6) is -0.901. The Labute approximate surface area is 179 Å². The van der Waals surface area contributed by atoms with Crippen molar-refractivity contribution in [3.8, 4) is 0 Å². The molecule has 2 aliphatic heterocycles. The molecule has 2 fully saturated rings. The predicted octanol–water partition coefficient (Wildman–Crippen LogP) is 1.25. The maximum Gasteiger partial charge on any atom is 0.290 e. The van der Waals surface area contributed by atoms with Crippen molar-refractivity contribution in [3.63, 3.8) is 0 Å². The molecule has 9 nitrogen and oxygen atoms in total. The van der Waals surface area contributed by atoms with Crippen molar-refractivity contribution in [1.29, 1.82) is 0 Å². The number of nitrogens with zero attached hydrogens (tertiary/aromatic N) is 5. The molecule has 0 radical (unpaired) electrons. The van der Waals surface area contributed by atoms with E-state index in [2.05, 4.69) is 4.98 Å². The van der Waals surface area contributed by atoms with Crippen LogP contribution in [0.15, 0.2) is 42.7 Å². The zero-order valence-electron chi connectivity index (χ0n) is 17.7. The lowest BCUT2D eigenvalue weighted by Crippen LogP contribution is -2.63. The van der Waals surface area contributed by atoms with Gasteiger partial charge in [0.1, 0.15) is 5.69 Å². The van der Waals surface area contributed by atoms with Crippen molar-refractivity contribution >= 4 is 22.7 Å². The van der Waals surface area contributed by atoms with E-state index in [0.29, 0.717) is 37.8 Å². The SMILES string of the molecule is Cn1ccnc1C(=O)N1CCOC2(C1)CN(C(=O)c1cc3ccccc3n1C)CCO2. The molecule has 9 heteroatoms. The van der Waals surface area contributed by atoms with Crippen LogP contribution in [0.1, 0.15) is 21.1 Å². The number of morpholine rings is 2. The summed E-state index contributed by atoms with van der Waals surface area (Å²) >= 11 is 0. The van der Waals surface area contributed by atoms with Crippen LogP contribution >= 0.6 is 0 Å². The first-order valence-electron chi connectivity index (χ1n) is 10.4. The molecule has 2 amide bonds. The third kappa shape index (κ3) is 3.39. The fraction of sp³-hybridized carbons (Fsp3) is 0.409. The molecule has 3 aromatic rings. The van der Waals surface area contributed by atoms with E-state index in [9.17, 15) is 9.59 Å². The van der Waals surface area contributed by atoms with Gasteiger partial charge in [0.15, 0.2) is 5.82 Å². The van der Waals surface area contributed by atoms with Gasteiger partial charge in [0.2, 0.25) is 5.79 Å². The van der Waals surface area contributed by atoms with Crippen LogP contribution in [-0.4, -0.2) is 80.9 Å². The predicted molar refractivity (Wildman–Crippen MR) is 113 cm³/mol. The summed E-state index contributed by atoms with van der Waals surface area (Å²) in [5, 5.41) is 1.03. The fourth-order valence-corrected chi connectivity index (χ4v) is 4.41. The van der Waals surface area contributed by atoms with Gasteiger partial charge < -0.3 is 28.4 Å². The molecule has 1 aromatic carbocycles. The summed E-state index contributed by atoms with van der Waals surface area (Å²) in [4.78, 5) is 33.9. The van der Waals surface area contributed by atoms with Crippen molar-refractivity contribution in [3.05, 3.63) is 54.2 Å². The number of ether oxygens (including phenoxy) is 2. The van der Waals surface area contributed by atoms with Gasteiger partial charge in [0.25, 0.3) is 11.8 Å². The van der Waals surface area contributed by atoms with E-state index in [1.54, 1.807) is 33.8 Å². The van der Waals surface area contributed by atoms with Crippen LogP contribution in [0.5, 0.6) is 0 Å². The van der Waals surface area contributed by atoms with E-state index in [-0.39, 0.29) is 24.9 Å². The van der Waals surface area contributed by atoms with Gasteiger partial charge in [-0.25, -0.2) is 4.98 Å². The number of hydrogen-bond donors (Lipinski definition) is 0. The summed E-state index contributed by atoms with van der Waals surface area (Å²) < 4.78 is 15.6. The summed E-state index contributed by atoms with van der Waals surface area (Å²) in [7, 11) is 3.69. The maximum atomic E-state index is 13.4. The molecule has 162 valence electrons. The van der Waals surface area contributed by atoms with E-state index in [1.165, 1.54) is 0 Å². The Balaban J connectivity index is 1.36. The quantitative estimate of drug-likeness (QED) is 0.620. The molecule has 0 bridgehead atoms. The van der Waals surface area contributed by atoms with E-state index in [4.69, 9.17) is 9.47 Å². The first kappa shape index (κ1) is 19.8. The average molecular weight is 423 g/mol. The Kier molecular flexibility index (Phi) is 4.79. The van der Waals surface area contributed by atoms with Gasteiger partial charge in [-0.1, -0.05) is 18.2 Å². The second-order valence-corrected chi connectivity index (χ2v) is 8.07. The number of hydrogen-bond acceptors (Lipinski definition) is 5. The molecule has 1 unspecified atom stereocenters. The van der Waals surface area contributed by atoms with Gasteiger partial charge >= 0.3 is 0 Å². The summed E-state index contributed by atoms with van der Waals surface area (Å²) in [6.07, 6.45) is 3.34. The van der Waals surface area contributed by atoms with Crippen molar-refractivity contribution < 1.29 is 19.1 Å². The van der Waals surface area contributed by atoms with Crippen molar-refractivity contribution in [2.24, 2.45) is 14.1 Å². The first-order chi connectivity index (χ1) is 15.0. The number of rotatable bonds is 2. The second-order valence-electron chi connectivity index (χ2n) is 8.07. The van der Waals surface area contributed by atoms with Gasteiger partial charge in [0, 0.05) is 50.5 Å². The lowest BCUT2D eigenvalue weighted by molar-refractivity contribution is -0.282. The molecule has 5 rings (SSSR count). The van der Waals surface area contributed by atoms with Crippen LogP contribution in [0.4, 0.5) is 0 Å². The van der Waals surface area contributed by atoms with Crippen molar-refractivity contribution in [2.45, 2.75) is 5.79 Å². The summed E-state index contributed by atoms with van der Waals surface area (Å²) in [6.45, 7) is 2.12. The molecule has 1 atom stereocenters. The third-order valence-corrected chi connectivity index (χ3v) is 6.07. The van der Waals surface area contributed by atoms with E-state index in [1.807, 2.05) is 41.9 Å². The van der Waals surface area contributed by atoms with Gasteiger partial charge in [0.05, 0.1) is 26.3 Å². The van der Waals surface area contributed by atoms with Crippen LogP contribution in [0, 0.1) is 0 Å². The number of carbonyl (C=O) groups excluding carboxylic acids is 2. The molecule has 0 aliphatic carbocycles. The second kappa shape index (κ2) is 7.51. The molecular weight excluding hydrogens is 398 g/mol. The van der Waals surface area contributed by atoms with E-state index in [0.717, 1.165) is 10.9 Å². The fourth-order valence-electron chi connectivity index (χ4n) is 4.41. The Morgan fingerprint density at radius 1 is 1.00 bits per heavy atom. The molecule has 2 aliphatic rings. The number of para-hydroxylation sites is 1. The third-order valence-electron chi connectivity index (χ3n) is 6.07. The molecule has 0 N–H and O–H groups in total. The Bertz CT molecular complexity index is 1150. The first-order valence-corrected chi connectivity index (χ1v) is 10.4. The molecule has 31 heavy (non-hydrogen) atoms. The number of amides is 2. The van der Waals surface area contributed by atoms with Crippen molar-refractivity contribution in [2.75, 3.05) is 39.4 Å². The highest BCUT2D eigenvalue weighted by atomic mass is 16.7. The Hall–Kier alpha value is -3.17. The smallest absolute Gasteiger partial charge is 0.290 e. The minimum atomic E-state index is -1.03. The van der Waals surface area contributed by atoms with Gasteiger partial charge in [-0.05, 0) is 12.1 Å². The van der Waals surface area contributed by atoms with E-state index < -0.39 is 5.79 Å². The normalized spacial score (nSPS) is 21.7. The van der Waals surface area contributed by atoms with Gasteiger partial charge in [-0.15, -0.1) is 0 Å². The lowest BCUT2D eigenvalue weighted by Gasteiger charge is -2.47. The van der Waals surface area contributed by atoms with Gasteiger partial charge in [-0.3, -0.25) is 9.59 Å². The molecule has 4 heterocycles. The monoisotopic (exact) mass is 423 g/mol. The topological polar surface area (TPSA) is 81.8 Å². The lowest BCUT2D eigenvalue weighted by atomic mass is 10.1. The highest BCUT2D eigenvalue weighted by Gasteiger charge is 2.45. The zero-order chi connectivity index (χ0) is 21.6. The summed E-state index contributed by atoms with van der Waals surface area (Å²) in [6, 6.07) is 9.84. The number of aryl methyl sites for hydroxylation is 2. The maximum absolute atomic E-state index is 13.4. The van der Waals surface area contributed by atoms with Crippen LogP contribution in [0.3, 0.4) is 0 Å². The number of aromatic nitrogens is 3. The average Bonchev–Trinajstić information content (AvgIpc) is 3.36. The van der Waals surface area contributed by atoms with E-state index >= 15 is 0 Å². The van der Waals surface area contributed by atoms with Crippen LogP contribution in [0.2, 0.25) is 0 Å². The highest BCUT2D eigenvalue weighted by Crippen LogP contribution is 2.27. The summed E-state index contributed by atoms with van der Waals surface area (Å²) in [5.41, 5.74) is 1.63. The zero-order valence-corrected chi connectivity index (χ0v) is 17.7. The molecule has 1 spiro atoms. The molecule has 0 saturated carbocycles. The number of benzene rings is 1. The minimum Gasteiger partial charge on any atom is -0.345 e. The number of fused-ring (bicyclic) bond motifs is 1. The Morgan fingerprint density at radius 3 is 2.32 bits per heavy atom. The van der Waals surface area contributed by atoms with Crippen LogP contribution < -0.4 is 0 Å². The number of carbonyl (C=O) groups is 2.